The molecule has 1 aromatic heterocycles. The first kappa shape index (κ1) is 15.9. The number of aromatic nitrogens is 2. The summed E-state index contributed by atoms with van der Waals surface area (Å²) in [5.41, 5.74) is 0.140. The van der Waals surface area contributed by atoms with E-state index in [1.165, 1.54) is 23.5 Å². The van der Waals surface area contributed by atoms with Crippen molar-refractivity contribution >= 4 is 32.2 Å². The Morgan fingerprint density at radius 3 is 2.43 bits per heavy atom. The molecular formula is C13H11F2N3O3S2. The molecule has 0 bridgehead atoms. The Morgan fingerprint density at radius 2 is 1.87 bits per heavy atom. The summed E-state index contributed by atoms with van der Waals surface area (Å²) in [6, 6.07) is 4.30. The van der Waals surface area contributed by atoms with Crippen molar-refractivity contribution in [3.8, 4) is 0 Å². The molecule has 1 amide bonds. The Labute approximate surface area is 134 Å². The van der Waals surface area contributed by atoms with E-state index in [0.717, 1.165) is 30.0 Å². The summed E-state index contributed by atoms with van der Waals surface area (Å²) in [6.07, 6.45) is 2.14. The highest BCUT2D eigenvalue weighted by atomic mass is 32.2. The fourth-order valence-corrected chi connectivity index (χ4v) is 3.48. The molecule has 1 heterocycles. The van der Waals surface area contributed by atoms with Crippen LogP contribution in [0, 0.1) is 0 Å². The molecule has 0 aliphatic heterocycles. The minimum Gasteiger partial charge on any atom is -0.296 e. The molecule has 3 rings (SSSR count). The van der Waals surface area contributed by atoms with Crippen molar-refractivity contribution in [2.24, 2.45) is 0 Å². The van der Waals surface area contributed by atoms with Gasteiger partial charge in [0.15, 0.2) is 0 Å². The second-order valence-electron chi connectivity index (χ2n) is 5.00. The summed E-state index contributed by atoms with van der Waals surface area (Å²) in [5, 5.41) is 11.6. The molecule has 0 spiro atoms. The first-order valence-corrected chi connectivity index (χ1v) is 9.01. The molecule has 1 aliphatic rings. The number of nitrogens with one attached hydrogen (secondary N) is 1. The molecule has 1 aromatic carbocycles. The number of halogens is 2. The van der Waals surface area contributed by atoms with Crippen LogP contribution in [0.1, 0.15) is 34.1 Å². The number of alkyl halides is 2. The van der Waals surface area contributed by atoms with Crippen molar-refractivity contribution in [3.05, 3.63) is 34.8 Å². The highest BCUT2D eigenvalue weighted by molar-refractivity contribution is 7.91. The van der Waals surface area contributed by atoms with Crippen LogP contribution in [0.2, 0.25) is 0 Å². The molecule has 1 N–H and O–H groups in total. The molecule has 1 fully saturated rings. The predicted molar refractivity (Wildman–Crippen MR) is 79.5 cm³/mol. The Kier molecular flexibility index (Phi) is 4.11. The summed E-state index contributed by atoms with van der Waals surface area (Å²) in [4.78, 5) is 11.5. The van der Waals surface area contributed by atoms with Crippen LogP contribution in [0.3, 0.4) is 0 Å². The maximum absolute atomic E-state index is 12.4. The maximum Gasteiger partial charge on any atom is 0.341 e. The van der Waals surface area contributed by atoms with E-state index in [0.29, 0.717) is 11.0 Å². The maximum atomic E-state index is 12.4. The van der Waals surface area contributed by atoms with Crippen molar-refractivity contribution in [2.45, 2.75) is 29.4 Å². The largest absolute Gasteiger partial charge is 0.341 e. The third-order valence-corrected chi connectivity index (χ3v) is 5.67. The molecule has 0 radical (unpaired) electrons. The standard InChI is InChI=1S/C13H11F2N3O3S2/c14-12(15)23(20,21)9-5-3-7(4-6-9)10(19)16-13-18-17-11(22-13)8-1-2-8/h3-6,8,12H,1-2H2,(H,16,18,19). The summed E-state index contributed by atoms with van der Waals surface area (Å²) < 4.78 is 47.5. The summed E-state index contributed by atoms with van der Waals surface area (Å²) >= 11 is 1.29. The zero-order valence-electron chi connectivity index (χ0n) is 11.6. The number of hydrogen-bond donors (Lipinski definition) is 1. The third kappa shape index (κ3) is 3.37. The van der Waals surface area contributed by atoms with Crippen molar-refractivity contribution in [1.82, 2.24) is 10.2 Å². The van der Waals surface area contributed by atoms with Crippen LogP contribution < -0.4 is 5.32 Å². The van der Waals surface area contributed by atoms with Crippen molar-refractivity contribution < 1.29 is 22.0 Å². The number of anilines is 1. The van der Waals surface area contributed by atoms with Crippen molar-refractivity contribution in [1.29, 1.82) is 0 Å². The second kappa shape index (κ2) is 5.93. The van der Waals surface area contributed by atoms with Crippen LogP contribution >= 0.6 is 11.3 Å². The lowest BCUT2D eigenvalue weighted by molar-refractivity contribution is 0.102. The number of hydrogen-bond acceptors (Lipinski definition) is 6. The van der Waals surface area contributed by atoms with E-state index in [1.807, 2.05) is 0 Å². The Morgan fingerprint density at radius 1 is 1.22 bits per heavy atom. The van der Waals surface area contributed by atoms with Gasteiger partial charge in [0.1, 0.15) is 5.01 Å². The van der Waals surface area contributed by atoms with Crippen LogP contribution in [0.5, 0.6) is 0 Å². The van der Waals surface area contributed by atoms with Gasteiger partial charge in [-0.05, 0) is 37.1 Å². The van der Waals surface area contributed by atoms with E-state index in [1.54, 1.807) is 0 Å². The van der Waals surface area contributed by atoms with E-state index in [4.69, 9.17) is 0 Å². The zero-order chi connectivity index (χ0) is 16.6. The number of nitrogens with zero attached hydrogens (tertiary/aromatic N) is 2. The van der Waals surface area contributed by atoms with Gasteiger partial charge in [0.2, 0.25) is 15.0 Å². The molecule has 122 valence electrons. The van der Waals surface area contributed by atoms with Crippen LogP contribution in [0.4, 0.5) is 13.9 Å². The monoisotopic (exact) mass is 359 g/mol. The molecule has 23 heavy (non-hydrogen) atoms. The van der Waals surface area contributed by atoms with E-state index in [9.17, 15) is 22.0 Å². The van der Waals surface area contributed by atoms with Gasteiger partial charge in [-0.25, -0.2) is 8.42 Å². The fraction of sp³-hybridized carbons (Fsp3) is 0.308. The van der Waals surface area contributed by atoms with Crippen molar-refractivity contribution in [2.75, 3.05) is 5.32 Å². The molecule has 2 aromatic rings. The predicted octanol–water partition coefficient (Wildman–Crippen LogP) is 2.66. The summed E-state index contributed by atoms with van der Waals surface area (Å²) in [5.74, 6) is -3.58. The topological polar surface area (TPSA) is 89.0 Å². The zero-order valence-corrected chi connectivity index (χ0v) is 13.2. The molecule has 10 heteroatoms. The van der Waals surface area contributed by atoms with Crippen LogP contribution in [0.25, 0.3) is 0 Å². The molecule has 6 nitrogen and oxygen atoms in total. The van der Waals surface area contributed by atoms with Gasteiger partial charge in [-0.1, -0.05) is 11.3 Å². The summed E-state index contributed by atoms with van der Waals surface area (Å²) in [6.45, 7) is 0. The Hall–Kier alpha value is -1.94. The van der Waals surface area contributed by atoms with Gasteiger partial charge in [0, 0.05) is 11.5 Å². The number of carbonyl (C=O) groups excluding carboxylic acids is 1. The second-order valence-corrected chi connectivity index (χ2v) is 7.93. The lowest BCUT2D eigenvalue weighted by Crippen LogP contribution is -2.14. The molecule has 0 atom stereocenters. The molecule has 1 aliphatic carbocycles. The van der Waals surface area contributed by atoms with Gasteiger partial charge in [-0.3, -0.25) is 10.1 Å². The normalized spacial score (nSPS) is 14.9. The van der Waals surface area contributed by atoms with Crippen LogP contribution in [-0.4, -0.2) is 30.3 Å². The van der Waals surface area contributed by atoms with Gasteiger partial charge in [-0.2, -0.15) is 8.78 Å². The number of benzene rings is 1. The van der Waals surface area contributed by atoms with Gasteiger partial charge >= 0.3 is 5.76 Å². The van der Waals surface area contributed by atoms with Crippen LogP contribution in [-0.2, 0) is 9.84 Å². The number of sulfone groups is 1. The summed E-state index contributed by atoms with van der Waals surface area (Å²) in [7, 11) is -4.66. The highest BCUT2D eigenvalue weighted by Crippen LogP contribution is 2.42. The van der Waals surface area contributed by atoms with E-state index >= 15 is 0 Å². The lowest BCUT2D eigenvalue weighted by Gasteiger charge is -2.04. The highest BCUT2D eigenvalue weighted by Gasteiger charge is 2.28. The Balaban J connectivity index is 1.72. The number of carbonyl (C=O) groups is 1. The van der Waals surface area contributed by atoms with E-state index < -0.39 is 26.4 Å². The van der Waals surface area contributed by atoms with E-state index in [-0.39, 0.29) is 5.56 Å². The molecular weight excluding hydrogens is 348 g/mol. The first-order chi connectivity index (χ1) is 10.9. The first-order valence-electron chi connectivity index (χ1n) is 6.65. The fourth-order valence-electron chi connectivity index (χ4n) is 1.85. The molecule has 0 unspecified atom stereocenters. The SMILES string of the molecule is O=C(Nc1nnc(C2CC2)s1)c1ccc(S(=O)(=O)C(F)F)cc1. The minimum absolute atomic E-state index is 0.140. The Bertz CT molecular complexity index is 830. The molecule has 1 saturated carbocycles. The number of rotatable bonds is 5. The number of amides is 1. The lowest BCUT2D eigenvalue weighted by atomic mass is 10.2. The average Bonchev–Trinajstić information content (AvgIpc) is 3.27. The van der Waals surface area contributed by atoms with Crippen LogP contribution in [0.15, 0.2) is 29.2 Å². The van der Waals surface area contributed by atoms with E-state index in [2.05, 4.69) is 15.5 Å². The third-order valence-electron chi connectivity index (χ3n) is 3.27. The van der Waals surface area contributed by atoms with Gasteiger partial charge in [-0.15, -0.1) is 10.2 Å². The smallest absolute Gasteiger partial charge is 0.296 e. The minimum atomic E-state index is -4.66. The van der Waals surface area contributed by atoms with Crippen molar-refractivity contribution in [3.63, 3.8) is 0 Å². The van der Waals surface area contributed by atoms with Gasteiger partial charge in [0.05, 0.1) is 4.90 Å². The molecule has 0 saturated heterocycles. The van der Waals surface area contributed by atoms with Gasteiger partial charge in [0.25, 0.3) is 5.91 Å². The van der Waals surface area contributed by atoms with Gasteiger partial charge < -0.3 is 0 Å². The quantitative estimate of drug-likeness (QED) is 0.886. The average molecular weight is 359 g/mol.